The lowest BCUT2D eigenvalue weighted by Gasteiger charge is -2.10. The summed E-state index contributed by atoms with van der Waals surface area (Å²) < 4.78 is 39.8. The maximum absolute atomic E-state index is 13.5. The lowest BCUT2D eigenvalue weighted by Crippen LogP contribution is -2.05. The zero-order chi connectivity index (χ0) is 13.3. The molecule has 5 heteroatoms. The van der Waals surface area contributed by atoms with Crippen molar-refractivity contribution in [2.75, 3.05) is 11.9 Å². The van der Waals surface area contributed by atoms with Gasteiger partial charge in [0.2, 0.25) is 0 Å². The normalized spacial score (nSPS) is 10.9. The third kappa shape index (κ3) is 2.12. The zero-order valence-corrected chi connectivity index (χ0v) is 10.2. The number of pyridine rings is 1. The number of benzene rings is 1. The summed E-state index contributed by atoms with van der Waals surface area (Å²) in [6.07, 6.45) is 0.908. The second-order valence-electron chi connectivity index (χ2n) is 4.13. The Morgan fingerprint density at radius 1 is 1.17 bits per heavy atom. The number of halogens is 3. The number of nitrogens with one attached hydrogen (secondary N) is 1. The van der Waals surface area contributed by atoms with Gasteiger partial charge in [-0.25, -0.2) is 18.2 Å². The first kappa shape index (κ1) is 12.7. The molecule has 96 valence electrons. The fourth-order valence-electron chi connectivity index (χ4n) is 1.74. The molecule has 0 saturated carbocycles. The minimum Gasteiger partial charge on any atom is -0.370 e. The Morgan fingerprint density at radius 2 is 1.89 bits per heavy atom. The van der Waals surface area contributed by atoms with E-state index in [2.05, 4.69) is 10.3 Å². The average Bonchev–Trinajstić information content (AvgIpc) is 2.35. The second kappa shape index (κ2) is 4.84. The van der Waals surface area contributed by atoms with Crippen LogP contribution < -0.4 is 5.32 Å². The molecule has 2 nitrogen and oxygen atoms in total. The Kier molecular flexibility index (Phi) is 3.41. The minimum atomic E-state index is -1.46. The van der Waals surface area contributed by atoms with E-state index >= 15 is 0 Å². The number of fused-ring (bicyclic) bond motifs is 1. The molecule has 0 aliphatic carbocycles. The Labute approximate surface area is 103 Å². The van der Waals surface area contributed by atoms with Gasteiger partial charge in [-0.2, -0.15) is 0 Å². The Hall–Kier alpha value is -1.78. The number of aromatic nitrogens is 1. The van der Waals surface area contributed by atoms with Crippen LogP contribution in [0, 0.1) is 24.4 Å². The summed E-state index contributed by atoms with van der Waals surface area (Å²) in [6.45, 7) is 4.45. The van der Waals surface area contributed by atoms with Crippen molar-refractivity contribution < 1.29 is 13.2 Å². The first-order chi connectivity index (χ1) is 8.54. The maximum atomic E-state index is 13.5. The van der Waals surface area contributed by atoms with Crippen molar-refractivity contribution in [1.29, 1.82) is 0 Å². The van der Waals surface area contributed by atoms with Crippen LogP contribution in [0.4, 0.5) is 19.0 Å². The molecule has 0 aliphatic rings. The van der Waals surface area contributed by atoms with Gasteiger partial charge in [0.1, 0.15) is 5.82 Å². The van der Waals surface area contributed by atoms with Crippen molar-refractivity contribution in [2.24, 2.45) is 0 Å². The summed E-state index contributed by atoms with van der Waals surface area (Å²) in [4.78, 5) is 4.12. The highest BCUT2D eigenvalue weighted by atomic mass is 19.2. The van der Waals surface area contributed by atoms with Gasteiger partial charge in [0.25, 0.3) is 0 Å². The van der Waals surface area contributed by atoms with E-state index in [4.69, 9.17) is 0 Å². The van der Waals surface area contributed by atoms with Crippen LogP contribution in [0.3, 0.4) is 0 Å². The van der Waals surface area contributed by atoms with Gasteiger partial charge >= 0.3 is 0 Å². The van der Waals surface area contributed by atoms with E-state index in [1.807, 2.05) is 6.92 Å². The number of anilines is 1. The molecule has 1 heterocycles. The minimum absolute atomic E-state index is 0.00607. The van der Waals surface area contributed by atoms with E-state index in [1.54, 1.807) is 6.92 Å². The third-order valence-electron chi connectivity index (χ3n) is 2.69. The van der Waals surface area contributed by atoms with E-state index in [1.165, 1.54) is 6.07 Å². The van der Waals surface area contributed by atoms with E-state index in [0.29, 0.717) is 17.9 Å². The van der Waals surface area contributed by atoms with Crippen LogP contribution in [0.2, 0.25) is 0 Å². The van der Waals surface area contributed by atoms with Crippen LogP contribution in [0.5, 0.6) is 0 Å². The molecule has 0 bridgehead atoms. The first-order valence-corrected chi connectivity index (χ1v) is 5.73. The molecule has 1 N–H and O–H groups in total. The van der Waals surface area contributed by atoms with E-state index < -0.39 is 17.5 Å². The Morgan fingerprint density at radius 3 is 2.56 bits per heavy atom. The molecule has 2 aromatic rings. The number of hydrogen-bond acceptors (Lipinski definition) is 2. The van der Waals surface area contributed by atoms with Gasteiger partial charge in [-0.3, -0.25) is 0 Å². The highest BCUT2D eigenvalue weighted by Gasteiger charge is 2.15. The fraction of sp³-hybridized carbons (Fsp3) is 0.308. The predicted octanol–water partition coefficient (Wildman–Crippen LogP) is 3.78. The Bertz CT molecular complexity index is 597. The van der Waals surface area contributed by atoms with Crippen molar-refractivity contribution in [1.82, 2.24) is 4.98 Å². The fourth-order valence-corrected chi connectivity index (χ4v) is 1.74. The second-order valence-corrected chi connectivity index (χ2v) is 4.13. The summed E-state index contributed by atoms with van der Waals surface area (Å²) in [5.74, 6) is -3.31. The predicted molar refractivity (Wildman–Crippen MR) is 65.1 cm³/mol. The molecule has 0 saturated heterocycles. The third-order valence-corrected chi connectivity index (χ3v) is 2.69. The topological polar surface area (TPSA) is 24.9 Å². The van der Waals surface area contributed by atoms with Crippen molar-refractivity contribution in [3.05, 3.63) is 35.1 Å². The highest BCUT2D eigenvalue weighted by molar-refractivity contribution is 5.82. The standard InChI is InChI=1S/C13H13F3N2/c1-3-4-17-13-7(2)5-8-10(18-13)6-9(14)12(16)11(8)15/h5-6H,3-4H2,1-2H3,(H,17,18). The van der Waals surface area contributed by atoms with Gasteiger partial charge in [0.15, 0.2) is 17.5 Å². The number of nitrogens with zero attached hydrogens (tertiary/aromatic N) is 1. The smallest absolute Gasteiger partial charge is 0.195 e. The number of hydrogen-bond donors (Lipinski definition) is 1. The molecule has 0 atom stereocenters. The van der Waals surface area contributed by atoms with Crippen molar-refractivity contribution in [3.63, 3.8) is 0 Å². The van der Waals surface area contributed by atoms with Crippen LogP contribution in [0.25, 0.3) is 10.9 Å². The average molecular weight is 254 g/mol. The summed E-state index contributed by atoms with van der Waals surface area (Å²) in [5, 5.41) is 3.05. The van der Waals surface area contributed by atoms with E-state index in [0.717, 1.165) is 12.5 Å². The largest absolute Gasteiger partial charge is 0.370 e. The highest BCUT2D eigenvalue weighted by Crippen LogP contribution is 2.25. The van der Waals surface area contributed by atoms with Gasteiger partial charge in [0, 0.05) is 18.0 Å². The molecule has 0 aliphatic heterocycles. The summed E-state index contributed by atoms with van der Waals surface area (Å²) in [5.41, 5.74) is 0.802. The monoisotopic (exact) mass is 254 g/mol. The van der Waals surface area contributed by atoms with Crippen molar-refractivity contribution in [3.8, 4) is 0 Å². The summed E-state index contributed by atoms with van der Waals surface area (Å²) in [7, 11) is 0. The lowest BCUT2D eigenvalue weighted by molar-refractivity contribution is 0.453. The van der Waals surface area contributed by atoms with Crippen LogP contribution >= 0.6 is 0 Å². The van der Waals surface area contributed by atoms with Crippen LogP contribution in [-0.2, 0) is 0 Å². The maximum Gasteiger partial charge on any atom is 0.195 e. The number of aryl methyl sites for hydroxylation is 1. The molecular weight excluding hydrogens is 241 g/mol. The van der Waals surface area contributed by atoms with Crippen LogP contribution in [0.1, 0.15) is 18.9 Å². The molecule has 0 fully saturated rings. The van der Waals surface area contributed by atoms with Gasteiger partial charge in [-0.05, 0) is 25.0 Å². The molecule has 2 rings (SSSR count). The number of rotatable bonds is 3. The summed E-state index contributed by atoms with van der Waals surface area (Å²) >= 11 is 0. The lowest BCUT2D eigenvalue weighted by atomic mass is 10.1. The van der Waals surface area contributed by atoms with Crippen LogP contribution in [0.15, 0.2) is 12.1 Å². The molecule has 18 heavy (non-hydrogen) atoms. The first-order valence-electron chi connectivity index (χ1n) is 5.73. The van der Waals surface area contributed by atoms with Crippen molar-refractivity contribution in [2.45, 2.75) is 20.3 Å². The molecule has 0 unspecified atom stereocenters. The van der Waals surface area contributed by atoms with Crippen LogP contribution in [-0.4, -0.2) is 11.5 Å². The quantitative estimate of drug-likeness (QED) is 0.843. The summed E-state index contributed by atoms with van der Waals surface area (Å²) in [6, 6.07) is 2.38. The molecule has 0 spiro atoms. The molecular formula is C13H13F3N2. The van der Waals surface area contributed by atoms with Gasteiger partial charge in [0.05, 0.1) is 5.52 Å². The van der Waals surface area contributed by atoms with Gasteiger partial charge in [-0.15, -0.1) is 0 Å². The molecule has 0 amide bonds. The van der Waals surface area contributed by atoms with Gasteiger partial charge in [-0.1, -0.05) is 6.92 Å². The van der Waals surface area contributed by atoms with E-state index in [9.17, 15) is 13.2 Å². The van der Waals surface area contributed by atoms with Gasteiger partial charge < -0.3 is 5.32 Å². The van der Waals surface area contributed by atoms with E-state index in [-0.39, 0.29) is 10.9 Å². The Balaban J connectivity index is 2.61. The SMILES string of the molecule is CCCNc1nc2cc(F)c(F)c(F)c2cc1C. The molecule has 1 aromatic heterocycles. The molecule has 1 aromatic carbocycles. The van der Waals surface area contributed by atoms with Crippen molar-refractivity contribution >= 4 is 16.7 Å². The molecule has 0 radical (unpaired) electrons. The zero-order valence-electron chi connectivity index (χ0n) is 10.2.